The van der Waals surface area contributed by atoms with Crippen LogP contribution in [0.2, 0.25) is 0 Å². The molecule has 0 aromatic carbocycles. The first kappa shape index (κ1) is 18.8. The number of hydrogen-bond donors (Lipinski definition) is 0. The van der Waals surface area contributed by atoms with Gasteiger partial charge in [0.2, 0.25) is 0 Å². The average molecular weight is 381 g/mol. The Bertz CT molecular complexity index is 771. The van der Waals surface area contributed by atoms with Crippen molar-refractivity contribution < 1.29 is 9.59 Å². The van der Waals surface area contributed by atoms with E-state index in [2.05, 4.69) is 13.8 Å². The van der Waals surface area contributed by atoms with Gasteiger partial charge in [0.05, 0.1) is 0 Å². The van der Waals surface area contributed by atoms with E-state index in [1.54, 1.807) is 11.1 Å². The van der Waals surface area contributed by atoms with Crippen molar-refractivity contribution in [2.75, 3.05) is 0 Å². The molecule has 0 unspecified atom stereocenters. The Morgan fingerprint density at radius 1 is 1.07 bits per heavy atom. The van der Waals surface area contributed by atoms with Gasteiger partial charge in [-0.05, 0) is 98.2 Å². The van der Waals surface area contributed by atoms with E-state index in [1.165, 1.54) is 56.9 Å². The fourth-order valence-electron chi connectivity index (χ4n) is 8.95. The summed E-state index contributed by atoms with van der Waals surface area (Å²) in [6.45, 7) is 4.49. The van der Waals surface area contributed by atoms with E-state index < -0.39 is 0 Å². The fourth-order valence-corrected chi connectivity index (χ4v) is 8.95. The monoisotopic (exact) mass is 380 g/mol. The number of fused-ring (bicyclic) bond motifs is 6. The van der Waals surface area contributed by atoms with E-state index in [1.807, 2.05) is 6.08 Å². The van der Waals surface area contributed by atoms with Crippen molar-refractivity contribution in [2.24, 2.45) is 28.6 Å². The number of carbonyl (C=O) groups is 2. The van der Waals surface area contributed by atoms with Crippen LogP contribution in [0.1, 0.15) is 97.3 Å². The van der Waals surface area contributed by atoms with Crippen LogP contribution >= 0.6 is 0 Å². The zero-order valence-electron chi connectivity index (χ0n) is 17.8. The van der Waals surface area contributed by atoms with Crippen molar-refractivity contribution in [2.45, 2.75) is 97.3 Å². The zero-order valence-corrected chi connectivity index (χ0v) is 17.8. The second-order valence-electron chi connectivity index (χ2n) is 10.3. The molecule has 0 aromatic heterocycles. The topological polar surface area (TPSA) is 34.1 Å². The van der Waals surface area contributed by atoms with Gasteiger partial charge >= 0.3 is 0 Å². The Labute approximate surface area is 170 Å². The molecule has 2 nitrogen and oxygen atoms in total. The van der Waals surface area contributed by atoms with Crippen molar-refractivity contribution in [1.82, 2.24) is 0 Å². The molecule has 3 saturated carbocycles. The van der Waals surface area contributed by atoms with Gasteiger partial charge in [0.25, 0.3) is 0 Å². The Kier molecular flexibility index (Phi) is 4.49. The highest BCUT2D eigenvalue weighted by molar-refractivity contribution is 5.93. The van der Waals surface area contributed by atoms with Crippen molar-refractivity contribution in [3.63, 3.8) is 0 Å². The number of rotatable bonds is 3. The molecule has 5 aliphatic rings. The molecular formula is C26H36O2. The van der Waals surface area contributed by atoms with Gasteiger partial charge in [0, 0.05) is 18.3 Å². The van der Waals surface area contributed by atoms with Gasteiger partial charge in [0.15, 0.2) is 5.78 Å². The van der Waals surface area contributed by atoms with Crippen LogP contribution in [0.3, 0.4) is 0 Å². The first-order valence-electron chi connectivity index (χ1n) is 12.1. The van der Waals surface area contributed by atoms with Crippen LogP contribution in [0.25, 0.3) is 0 Å². The second-order valence-corrected chi connectivity index (χ2v) is 10.3. The molecule has 5 atom stereocenters. The molecule has 0 spiro atoms. The van der Waals surface area contributed by atoms with Crippen LogP contribution in [0.15, 0.2) is 22.8 Å². The van der Waals surface area contributed by atoms with E-state index in [0.29, 0.717) is 35.7 Å². The standard InChI is InChI=1S/C26H36O2/c1-3-24(28)26-13-6-5-7-18(26)16-23-22-10-8-17-15-19(27)9-11-20(17)21(22)12-14-25(23,26)4-2/h15,18,22-23H,3-14,16H2,1-2H3/t18-,22-,23+,25+,26-/m1/s1. The first-order chi connectivity index (χ1) is 13.6. The Balaban J connectivity index is 1.61. The molecule has 0 saturated heterocycles. The summed E-state index contributed by atoms with van der Waals surface area (Å²) < 4.78 is 0. The molecule has 0 radical (unpaired) electrons. The van der Waals surface area contributed by atoms with E-state index >= 15 is 0 Å². The van der Waals surface area contributed by atoms with Gasteiger partial charge in [-0.15, -0.1) is 0 Å². The van der Waals surface area contributed by atoms with Crippen LogP contribution in [-0.4, -0.2) is 11.6 Å². The van der Waals surface area contributed by atoms with Gasteiger partial charge < -0.3 is 0 Å². The summed E-state index contributed by atoms with van der Waals surface area (Å²) in [7, 11) is 0. The highest BCUT2D eigenvalue weighted by Crippen LogP contribution is 2.73. The molecule has 0 heterocycles. The van der Waals surface area contributed by atoms with Crippen LogP contribution in [0, 0.1) is 28.6 Å². The predicted molar refractivity (Wildman–Crippen MR) is 112 cm³/mol. The Hall–Kier alpha value is -1.18. The summed E-state index contributed by atoms with van der Waals surface area (Å²) in [6, 6.07) is 0. The molecule has 0 aliphatic heterocycles. The van der Waals surface area contributed by atoms with E-state index in [0.717, 1.165) is 25.7 Å². The highest BCUT2D eigenvalue weighted by Gasteiger charge is 2.68. The van der Waals surface area contributed by atoms with Crippen molar-refractivity contribution in [1.29, 1.82) is 0 Å². The number of ketones is 2. The number of Topliss-reactive ketones (excluding diaryl/α,β-unsaturated/α-hetero) is 1. The third kappa shape index (κ3) is 2.27. The van der Waals surface area contributed by atoms with Crippen LogP contribution in [-0.2, 0) is 9.59 Å². The molecule has 5 aliphatic carbocycles. The normalized spacial score (nSPS) is 42.3. The average Bonchev–Trinajstić information content (AvgIpc) is 3.04. The van der Waals surface area contributed by atoms with Crippen LogP contribution in [0.5, 0.6) is 0 Å². The number of allylic oxidation sites excluding steroid dienone is 4. The molecule has 28 heavy (non-hydrogen) atoms. The summed E-state index contributed by atoms with van der Waals surface area (Å²) in [4.78, 5) is 25.5. The minimum Gasteiger partial charge on any atom is -0.299 e. The largest absolute Gasteiger partial charge is 0.299 e. The summed E-state index contributed by atoms with van der Waals surface area (Å²) in [6.07, 6.45) is 16.6. The summed E-state index contributed by atoms with van der Waals surface area (Å²) in [5.41, 5.74) is 4.85. The molecule has 2 heteroatoms. The molecule has 0 N–H and O–H groups in total. The van der Waals surface area contributed by atoms with Crippen molar-refractivity contribution in [3.05, 3.63) is 22.8 Å². The summed E-state index contributed by atoms with van der Waals surface area (Å²) in [5.74, 6) is 2.94. The van der Waals surface area contributed by atoms with Gasteiger partial charge in [-0.3, -0.25) is 9.59 Å². The third-order valence-corrected chi connectivity index (χ3v) is 9.89. The van der Waals surface area contributed by atoms with Crippen LogP contribution < -0.4 is 0 Å². The second kappa shape index (κ2) is 6.67. The minimum absolute atomic E-state index is 0.0196. The third-order valence-electron chi connectivity index (χ3n) is 9.89. The smallest absolute Gasteiger partial charge is 0.156 e. The zero-order chi connectivity index (χ0) is 19.5. The molecule has 0 aromatic rings. The van der Waals surface area contributed by atoms with Crippen molar-refractivity contribution in [3.8, 4) is 0 Å². The lowest BCUT2D eigenvalue weighted by atomic mass is 9.46. The lowest BCUT2D eigenvalue weighted by Crippen LogP contribution is -2.53. The Morgan fingerprint density at radius 3 is 2.71 bits per heavy atom. The quantitative estimate of drug-likeness (QED) is 0.572. The predicted octanol–water partition coefficient (Wildman–Crippen LogP) is 6.35. The minimum atomic E-state index is -0.0196. The summed E-state index contributed by atoms with van der Waals surface area (Å²) in [5, 5.41) is 0. The molecule has 152 valence electrons. The lowest BCUT2D eigenvalue weighted by Gasteiger charge is -2.56. The maximum atomic E-state index is 13.6. The molecule has 3 fully saturated rings. The van der Waals surface area contributed by atoms with Crippen LogP contribution in [0.4, 0.5) is 0 Å². The number of hydrogen-bond acceptors (Lipinski definition) is 2. The fraction of sp³-hybridized carbons (Fsp3) is 0.769. The first-order valence-corrected chi connectivity index (χ1v) is 12.1. The number of carbonyl (C=O) groups excluding carboxylic acids is 2. The highest BCUT2D eigenvalue weighted by atomic mass is 16.1. The van der Waals surface area contributed by atoms with Gasteiger partial charge in [0.1, 0.15) is 5.78 Å². The Morgan fingerprint density at radius 2 is 1.93 bits per heavy atom. The maximum absolute atomic E-state index is 13.6. The van der Waals surface area contributed by atoms with Gasteiger partial charge in [-0.25, -0.2) is 0 Å². The van der Waals surface area contributed by atoms with Gasteiger partial charge in [-0.2, -0.15) is 0 Å². The SMILES string of the molecule is CCC(=O)[C@@]12CCCC[C@@H]1C[C@H]1[C@@H]3CCC4=CC(=O)CCC4=C3CC[C@@]12CC. The van der Waals surface area contributed by atoms with E-state index in [4.69, 9.17) is 0 Å². The molecule has 0 amide bonds. The summed E-state index contributed by atoms with van der Waals surface area (Å²) >= 11 is 0. The maximum Gasteiger partial charge on any atom is 0.156 e. The molecule has 5 rings (SSSR count). The molecule has 0 bridgehead atoms. The lowest BCUT2D eigenvalue weighted by molar-refractivity contribution is -0.147. The van der Waals surface area contributed by atoms with E-state index in [-0.39, 0.29) is 10.8 Å². The van der Waals surface area contributed by atoms with Gasteiger partial charge in [-0.1, -0.05) is 32.3 Å². The van der Waals surface area contributed by atoms with Crippen molar-refractivity contribution >= 4 is 11.6 Å². The van der Waals surface area contributed by atoms with E-state index in [9.17, 15) is 9.59 Å². The molecular weight excluding hydrogens is 344 g/mol.